The van der Waals surface area contributed by atoms with Crippen LogP contribution in [0.4, 0.5) is 4.39 Å². The van der Waals surface area contributed by atoms with Gasteiger partial charge >= 0.3 is 5.97 Å². The number of ether oxygens (including phenoxy) is 3. The SMILES string of the molecule is Cc1cc(SCc2cc(CN3CCOCC3)cc(OCc3ccc(F)cc3)c2)ccc1OCC(=O)O. The quantitative estimate of drug-likeness (QED) is 0.350. The highest BCUT2D eigenvalue weighted by atomic mass is 32.2. The summed E-state index contributed by atoms with van der Waals surface area (Å²) in [4.78, 5) is 14.2. The maximum Gasteiger partial charge on any atom is 0.341 e. The lowest BCUT2D eigenvalue weighted by Gasteiger charge is -2.27. The van der Waals surface area contributed by atoms with Gasteiger partial charge in [-0.05, 0) is 71.6 Å². The van der Waals surface area contributed by atoms with E-state index in [0.29, 0.717) is 12.4 Å². The summed E-state index contributed by atoms with van der Waals surface area (Å²) >= 11 is 1.70. The Bertz CT molecular complexity index is 1170. The molecule has 4 rings (SSSR count). The summed E-state index contributed by atoms with van der Waals surface area (Å²) in [5.74, 6) is 0.850. The average molecular weight is 512 g/mol. The predicted octanol–water partition coefficient (Wildman–Crippen LogP) is 5.30. The number of carboxylic acids is 1. The monoisotopic (exact) mass is 511 g/mol. The average Bonchev–Trinajstić information content (AvgIpc) is 2.87. The van der Waals surface area contributed by atoms with Crippen LogP contribution < -0.4 is 9.47 Å². The molecule has 36 heavy (non-hydrogen) atoms. The number of benzene rings is 3. The largest absolute Gasteiger partial charge is 0.489 e. The lowest BCUT2D eigenvalue weighted by atomic mass is 10.1. The Hall–Kier alpha value is -3.07. The standard InChI is InChI=1S/C28H30FNO5S/c1-20-12-26(6-7-27(20)35-18-28(31)32)36-19-23-13-22(16-30-8-10-33-11-9-30)14-25(15-23)34-17-21-2-4-24(29)5-3-21/h2-7,12-15H,8-11,16-19H2,1H3,(H,31,32). The van der Waals surface area contributed by atoms with Gasteiger partial charge in [0.05, 0.1) is 13.2 Å². The second kappa shape index (κ2) is 12.8. The Labute approximate surface area is 215 Å². The van der Waals surface area contributed by atoms with Crippen molar-refractivity contribution < 1.29 is 28.5 Å². The van der Waals surface area contributed by atoms with Crippen LogP contribution in [0.1, 0.15) is 22.3 Å². The number of rotatable bonds is 11. The van der Waals surface area contributed by atoms with E-state index in [0.717, 1.165) is 65.9 Å². The summed E-state index contributed by atoms with van der Waals surface area (Å²) in [5, 5.41) is 8.83. The van der Waals surface area contributed by atoms with Gasteiger partial charge in [-0.1, -0.05) is 18.2 Å². The fourth-order valence-corrected chi connectivity index (χ4v) is 4.86. The second-order valence-corrected chi connectivity index (χ2v) is 9.74. The molecule has 1 fully saturated rings. The van der Waals surface area contributed by atoms with Crippen LogP contribution >= 0.6 is 11.8 Å². The Balaban J connectivity index is 1.45. The van der Waals surface area contributed by atoms with E-state index in [1.165, 1.54) is 17.7 Å². The number of carbonyl (C=O) groups is 1. The van der Waals surface area contributed by atoms with Crippen LogP contribution in [0, 0.1) is 12.7 Å². The Morgan fingerprint density at radius 3 is 2.47 bits per heavy atom. The first-order valence-corrected chi connectivity index (χ1v) is 12.8. The van der Waals surface area contributed by atoms with Gasteiger partial charge in [-0.2, -0.15) is 0 Å². The van der Waals surface area contributed by atoms with Crippen LogP contribution in [0.5, 0.6) is 11.5 Å². The summed E-state index contributed by atoms with van der Waals surface area (Å²) in [6.07, 6.45) is 0. The summed E-state index contributed by atoms with van der Waals surface area (Å²) in [6.45, 7) is 6.04. The fraction of sp³-hybridized carbons (Fsp3) is 0.321. The minimum absolute atomic E-state index is 0.262. The van der Waals surface area contributed by atoms with E-state index >= 15 is 0 Å². The van der Waals surface area contributed by atoms with Gasteiger partial charge in [0.25, 0.3) is 0 Å². The van der Waals surface area contributed by atoms with Crippen molar-refractivity contribution in [3.8, 4) is 11.5 Å². The molecular weight excluding hydrogens is 481 g/mol. The van der Waals surface area contributed by atoms with Crippen LogP contribution in [0.2, 0.25) is 0 Å². The fourth-order valence-electron chi connectivity index (χ4n) is 3.93. The van der Waals surface area contributed by atoms with Crippen molar-refractivity contribution in [1.29, 1.82) is 0 Å². The maximum absolute atomic E-state index is 13.2. The van der Waals surface area contributed by atoms with E-state index < -0.39 is 5.97 Å². The Kier molecular flexibility index (Phi) is 9.22. The first-order chi connectivity index (χ1) is 17.4. The van der Waals surface area contributed by atoms with Crippen molar-refractivity contribution in [3.63, 3.8) is 0 Å². The summed E-state index contributed by atoms with van der Waals surface area (Å²) in [6, 6.07) is 18.4. The third kappa shape index (κ3) is 7.98. The normalized spacial score (nSPS) is 13.9. The first kappa shape index (κ1) is 26.0. The smallest absolute Gasteiger partial charge is 0.341 e. The van der Waals surface area contributed by atoms with Crippen LogP contribution in [0.25, 0.3) is 0 Å². The van der Waals surface area contributed by atoms with E-state index in [4.69, 9.17) is 19.3 Å². The van der Waals surface area contributed by atoms with Crippen LogP contribution in [-0.4, -0.2) is 48.9 Å². The predicted molar refractivity (Wildman–Crippen MR) is 137 cm³/mol. The third-order valence-corrected chi connectivity index (χ3v) is 6.82. The van der Waals surface area contributed by atoms with Crippen LogP contribution in [0.15, 0.2) is 65.6 Å². The van der Waals surface area contributed by atoms with Gasteiger partial charge in [-0.3, -0.25) is 4.90 Å². The van der Waals surface area contributed by atoms with Crippen molar-refractivity contribution >= 4 is 17.7 Å². The number of hydrogen-bond donors (Lipinski definition) is 1. The number of thioether (sulfide) groups is 1. The van der Waals surface area contributed by atoms with Crippen molar-refractivity contribution in [1.82, 2.24) is 4.90 Å². The maximum atomic E-state index is 13.2. The van der Waals surface area contributed by atoms with Gasteiger partial charge in [-0.25, -0.2) is 9.18 Å². The molecule has 1 N–H and O–H groups in total. The highest BCUT2D eigenvalue weighted by Gasteiger charge is 2.13. The molecule has 0 aromatic heterocycles. The van der Waals surface area contributed by atoms with Crippen LogP contribution in [-0.2, 0) is 28.4 Å². The molecule has 1 aliphatic rings. The zero-order valence-electron chi connectivity index (χ0n) is 20.2. The first-order valence-electron chi connectivity index (χ1n) is 11.8. The molecule has 3 aromatic carbocycles. The molecule has 0 aliphatic carbocycles. The zero-order valence-corrected chi connectivity index (χ0v) is 21.1. The van der Waals surface area contributed by atoms with E-state index in [2.05, 4.69) is 23.1 Å². The zero-order chi connectivity index (χ0) is 25.3. The van der Waals surface area contributed by atoms with Crippen molar-refractivity contribution in [3.05, 3.63) is 88.7 Å². The van der Waals surface area contributed by atoms with Gasteiger partial charge in [0.2, 0.25) is 0 Å². The molecular formula is C28H30FNO5S. The number of aliphatic carboxylic acids is 1. The molecule has 0 radical (unpaired) electrons. The van der Waals surface area contributed by atoms with E-state index in [1.807, 2.05) is 25.1 Å². The third-order valence-electron chi connectivity index (χ3n) is 5.76. The summed E-state index contributed by atoms with van der Waals surface area (Å²) < 4.78 is 30.1. The highest BCUT2D eigenvalue weighted by Crippen LogP contribution is 2.30. The Morgan fingerprint density at radius 2 is 1.75 bits per heavy atom. The van der Waals surface area contributed by atoms with Gasteiger partial charge in [0, 0.05) is 30.3 Å². The molecule has 0 unspecified atom stereocenters. The number of nitrogens with zero attached hydrogens (tertiary/aromatic N) is 1. The van der Waals surface area contributed by atoms with Gasteiger partial charge in [0.15, 0.2) is 6.61 Å². The summed E-state index contributed by atoms with van der Waals surface area (Å²) in [7, 11) is 0. The molecule has 1 heterocycles. The Morgan fingerprint density at radius 1 is 1.00 bits per heavy atom. The van der Waals surface area contributed by atoms with Crippen molar-refractivity contribution in [2.75, 3.05) is 32.9 Å². The number of aryl methyl sites for hydroxylation is 1. The molecule has 0 spiro atoms. The van der Waals surface area contributed by atoms with Gasteiger partial charge in [-0.15, -0.1) is 11.8 Å². The van der Waals surface area contributed by atoms with Gasteiger partial charge < -0.3 is 19.3 Å². The number of carboxylic acid groups (broad SMARTS) is 1. The van der Waals surface area contributed by atoms with Gasteiger partial charge in [0.1, 0.15) is 23.9 Å². The number of halogens is 1. The molecule has 3 aromatic rings. The van der Waals surface area contributed by atoms with E-state index in [-0.39, 0.29) is 12.4 Å². The molecule has 6 nitrogen and oxygen atoms in total. The topological polar surface area (TPSA) is 68.2 Å². The molecule has 1 saturated heterocycles. The number of morpholine rings is 1. The van der Waals surface area contributed by atoms with Crippen molar-refractivity contribution in [2.45, 2.75) is 30.7 Å². The van der Waals surface area contributed by atoms with E-state index in [9.17, 15) is 9.18 Å². The van der Waals surface area contributed by atoms with E-state index in [1.54, 1.807) is 23.9 Å². The molecule has 0 saturated carbocycles. The van der Waals surface area contributed by atoms with Crippen LogP contribution in [0.3, 0.4) is 0 Å². The molecule has 8 heteroatoms. The lowest BCUT2D eigenvalue weighted by molar-refractivity contribution is -0.139. The minimum atomic E-state index is -0.998. The lowest BCUT2D eigenvalue weighted by Crippen LogP contribution is -2.35. The molecule has 1 aliphatic heterocycles. The second-order valence-electron chi connectivity index (χ2n) is 8.69. The molecule has 0 atom stereocenters. The highest BCUT2D eigenvalue weighted by molar-refractivity contribution is 7.98. The minimum Gasteiger partial charge on any atom is -0.489 e. The summed E-state index contributed by atoms with van der Waals surface area (Å²) in [5.41, 5.74) is 4.12. The number of hydrogen-bond acceptors (Lipinski definition) is 6. The molecule has 190 valence electrons. The van der Waals surface area contributed by atoms with Crippen molar-refractivity contribution in [2.24, 2.45) is 0 Å². The molecule has 0 amide bonds. The molecule has 0 bridgehead atoms.